The second kappa shape index (κ2) is 5.84. The minimum atomic E-state index is -2.27. The highest BCUT2D eigenvalue weighted by Crippen LogP contribution is 2.39. The van der Waals surface area contributed by atoms with Gasteiger partial charge >= 0.3 is 0 Å². The molecule has 0 aliphatic carbocycles. The summed E-state index contributed by atoms with van der Waals surface area (Å²) in [6.07, 6.45) is 4.63. The first-order chi connectivity index (χ1) is 8.68. The Morgan fingerprint density at radius 1 is 0.944 bits per heavy atom. The highest BCUT2D eigenvalue weighted by molar-refractivity contribution is 7.71. The molecule has 0 aliphatic heterocycles. The van der Waals surface area contributed by atoms with E-state index in [1.54, 1.807) is 0 Å². The van der Waals surface area contributed by atoms with Gasteiger partial charge in [-0.25, -0.2) is 0 Å². The molecule has 18 heavy (non-hydrogen) atoms. The molecule has 0 spiro atoms. The molecule has 2 aromatic carbocycles. The number of hydrogen-bond acceptors (Lipinski definition) is 1. The maximum atomic E-state index is 12.6. The van der Waals surface area contributed by atoms with Gasteiger partial charge in [0.25, 0.3) is 0 Å². The fourth-order valence-electron chi connectivity index (χ4n) is 1.80. The van der Waals surface area contributed by atoms with Gasteiger partial charge in [0.05, 0.1) is 0 Å². The maximum Gasteiger partial charge on any atom is 0.116 e. The molecule has 1 atom stereocenters. The van der Waals surface area contributed by atoms with Gasteiger partial charge in [0.1, 0.15) is 7.14 Å². The van der Waals surface area contributed by atoms with Crippen LogP contribution in [0.3, 0.4) is 0 Å². The van der Waals surface area contributed by atoms with Gasteiger partial charge in [-0.05, 0) is 12.2 Å². The summed E-state index contributed by atoms with van der Waals surface area (Å²) in [7, 11) is -2.27. The Morgan fingerprint density at radius 2 is 1.50 bits per heavy atom. The fourth-order valence-corrected chi connectivity index (χ4v) is 3.32. The molecule has 0 N–H and O–H groups in total. The lowest BCUT2D eigenvalue weighted by atomic mass is 10.2. The average Bonchev–Trinajstić information content (AvgIpc) is 2.41. The quantitative estimate of drug-likeness (QED) is 0.755. The van der Waals surface area contributed by atoms with E-state index >= 15 is 0 Å². The molecular formula is C16H17OP. The third-order valence-electron chi connectivity index (χ3n) is 2.87. The first-order valence-corrected chi connectivity index (χ1v) is 8.36. The molecule has 1 unspecified atom stereocenters. The summed E-state index contributed by atoms with van der Waals surface area (Å²) in [5.74, 6) is 0. The number of benzene rings is 2. The number of allylic oxidation sites excluding steroid dienone is 1. The standard InChI is InChI=1S/C16H17OP/c1-18(17,16-12-6-3-7-13-16)14-8-11-15-9-4-2-5-10-15/h2-13H,14H2,1H3/b11-8+. The van der Waals surface area contributed by atoms with E-state index in [1.165, 1.54) is 0 Å². The number of rotatable bonds is 4. The second-order valence-corrected chi connectivity index (χ2v) is 7.52. The lowest BCUT2D eigenvalue weighted by Crippen LogP contribution is -2.04. The van der Waals surface area contributed by atoms with E-state index in [0.717, 1.165) is 10.9 Å². The van der Waals surface area contributed by atoms with Crippen molar-refractivity contribution in [3.05, 3.63) is 72.3 Å². The molecule has 0 amide bonds. The van der Waals surface area contributed by atoms with Crippen LogP contribution in [-0.2, 0) is 4.57 Å². The van der Waals surface area contributed by atoms with E-state index in [1.807, 2.05) is 79.5 Å². The van der Waals surface area contributed by atoms with Crippen LogP contribution in [0, 0.1) is 0 Å². The second-order valence-electron chi connectivity index (χ2n) is 4.43. The molecular weight excluding hydrogens is 239 g/mol. The maximum absolute atomic E-state index is 12.6. The molecule has 0 bridgehead atoms. The molecule has 2 heteroatoms. The van der Waals surface area contributed by atoms with E-state index < -0.39 is 7.14 Å². The van der Waals surface area contributed by atoms with Crippen LogP contribution in [0.15, 0.2) is 66.7 Å². The zero-order valence-corrected chi connectivity index (χ0v) is 11.4. The molecule has 0 aliphatic rings. The predicted octanol–water partition coefficient (Wildman–Crippen LogP) is 4.02. The monoisotopic (exact) mass is 256 g/mol. The summed E-state index contributed by atoms with van der Waals surface area (Å²) in [4.78, 5) is 0. The molecule has 92 valence electrons. The van der Waals surface area contributed by atoms with Crippen molar-refractivity contribution < 1.29 is 4.57 Å². The SMILES string of the molecule is CP(=O)(C/C=C/c1ccccc1)c1ccccc1. The summed E-state index contributed by atoms with van der Waals surface area (Å²) < 4.78 is 12.6. The highest BCUT2D eigenvalue weighted by atomic mass is 31.2. The number of hydrogen-bond donors (Lipinski definition) is 0. The highest BCUT2D eigenvalue weighted by Gasteiger charge is 2.15. The Balaban J connectivity index is 2.06. The van der Waals surface area contributed by atoms with Crippen molar-refractivity contribution >= 4 is 18.5 Å². The normalized spacial score (nSPS) is 14.5. The topological polar surface area (TPSA) is 17.1 Å². The van der Waals surface area contributed by atoms with Gasteiger partial charge in [-0.1, -0.05) is 72.8 Å². The van der Waals surface area contributed by atoms with Crippen LogP contribution in [-0.4, -0.2) is 12.8 Å². The van der Waals surface area contributed by atoms with Crippen molar-refractivity contribution in [3.8, 4) is 0 Å². The lowest BCUT2D eigenvalue weighted by molar-refractivity contribution is 0.586. The van der Waals surface area contributed by atoms with Crippen molar-refractivity contribution in [2.45, 2.75) is 0 Å². The Morgan fingerprint density at radius 3 is 2.11 bits per heavy atom. The van der Waals surface area contributed by atoms with E-state index in [9.17, 15) is 4.57 Å². The molecule has 0 aromatic heterocycles. The van der Waals surface area contributed by atoms with Crippen LogP contribution in [0.4, 0.5) is 0 Å². The van der Waals surface area contributed by atoms with E-state index in [4.69, 9.17) is 0 Å². The molecule has 2 rings (SSSR count). The molecule has 0 heterocycles. The molecule has 2 aromatic rings. The summed E-state index contributed by atoms with van der Waals surface area (Å²) in [6, 6.07) is 19.8. The molecule has 0 saturated carbocycles. The van der Waals surface area contributed by atoms with Crippen LogP contribution in [0.25, 0.3) is 6.08 Å². The average molecular weight is 256 g/mol. The third-order valence-corrected chi connectivity index (χ3v) is 5.16. The summed E-state index contributed by atoms with van der Waals surface area (Å²) in [5, 5.41) is 0.947. The van der Waals surface area contributed by atoms with Gasteiger partial charge in [-0.3, -0.25) is 0 Å². The van der Waals surface area contributed by atoms with Gasteiger partial charge in [-0.15, -0.1) is 0 Å². The van der Waals surface area contributed by atoms with Crippen LogP contribution < -0.4 is 5.30 Å². The first-order valence-electron chi connectivity index (χ1n) is 6.02. The Hall–Kier alpha value is -1.59. The minimum absolute atomic E-state index is 0.603. The van der Waals surface area contributed by atoms with Crippen molar-refractivity contribution in [2.75, 3.05) is 12.8 Å². The molecule has 0 radical (unpaired) electrons. The largest absolute Gasteiger partial charge is 0.319 e. The predicted molar refractivity (Wildman–Crippen MR) is 79.9 cm³/mol. The first kappa shape index (κ1) is 12.9. The van der Waals surface area contributed by atoms with Crippen molar-refractivity contribution in [3.63, 3.8) is 0 Å². The smallest absolute Gasteiger partial charge is 0.116 e. The van der Waals surface area contributed by atoms with Crippen LogP contribution >= 0.6 is 7.14 Å². The summed E-state index contributed by atoms with van der Waals surface area (Å²) >= 11 is 0. The fraction of sp³-hybridized carbons (Fsp3) is 0.125. The van der Waals surface area contributed by atoms with Crippen molar-refractivity contribution in [1.82, 2.24) is 0 Å². The van der Waals surface area contributed by atoms with Crippen molar-refractivity contribution in [2.24, 2.45) is 0 Å². The van der Waals surface area contributed by atoms with Crippen LogP contribution in [0.1, 0.15) is 5.56 Å². The van der Waals surface area contributed by atoms with Gasteiger partial charge in [-0.2, -0.15) is 0 Å². The van der Waals surface area contributed by atoms with Gasteiger partial charge in [0.2, 0.25) is 0 Å². The van der Waals surface area contributed by atoms with Crippen LogP contribution in [0.2, 0.25) is 0 Å². The Kier molecular flexibility index (Phi) is 4.17. The summed E-state index contributed by atoms with van der Waals surface area (Å²) in [5.41, 5.74) is 1.14. The van der Waals surface area contributed by atoms with E-state index in [0.29, 0.717) is 6.16 Å². The Bertz CT molecular complexity index is 558. The van der Waals surface area contributed by atoms with E-state index in [-0.39, 0.29) is 0 Å². The zero-order valence-electron chi connectivity index (χ0n) is 10.5. The summed E-state index contributed by atoms with van der Waals surface area (Å²) in [6.45, 7) is 1.84. The zero-order chi connectivity index (χ0) is 12.8. The third kappa shape index (κ3) is 3.45. The minimum Gasteiger partial charge on any atom is -0.319 e. The van der Waals surface area contributed by atoms with Gasteiger partial charge < -0.3 is 4.57 Å². The molecule has 0 saturated heterocycles. The van der Waals surface area contributed by atoms with E-state index in [2.05, 4.69) is 0 Å². The molecule has 0 fully saturated rings. The lowest BCUT2D eigenvalue weighted by Gasteiger charge is -2.10. The van der Waals surface area contributed by atoms with Gasteiger partial charge in [0.15, 0.2) is 0 Å². The van der Waals surface area contributed by atoms with Crippen LogP contribution in [0.5, 0.6) is 0 Å². The Labute approximate surface area is 109 Å². The van der Waals surface area contributed by atoms with Gasteiger partial charge in [0, 0.05) is 11.5 Å². The molecule has 1 nitrogen and oxygen atoms in total. The van der Waals surface area contributed by atoms with Crippen molar-refractivity contribution in [1.29, 1.82) is 0 Å².